The normalized spacial score (nSPS) is 13.6. The Hall–Kier alpha value is -3.26. The zero-order chi connectivity index (χ0) is 21.9. The summed E-state index contributed by atoms with van der Waals surface area (Å²) in [7, 11) is 0. The number of hydrogen-bond acceptors (Lipinski definition) is 4. The van der Waals surface area contributed by atoms with Gasteiger partial charge in [0.2, 0.25) is 0 Å². The van der Waals surface area contributed by atoms with E-state index in [1.54, 1.807) is 30.3 Å². The van der Waals surface area contributed by atoms with E-state index in [9.17, 15) is 27.9 Å². The summed E-state index contributed by atoms with van der Waals surface area (Å²) in [5.74, 6) is -1.01. The molecule has 0 radical (unpaired) electrons. The predicted octanol–water partition coefficient (Wildman–Crippen LogP) is 4.19. The van der Waals surface area contributed by atoms with E-state index in [1.807, 2.05) is 0 Å². The van der Waals surface area contributed by atoms with Crippen LogP contribution >= 0.6 is 0 Å². The van der Waals surface area contributed by atoms with Crippen molar-refractivity contribution < 1.29 is 23.1 Å². The second-order valence-corrected chi connectivity index (χ2v) is 6.94. The summed E-state index contributed by atoms with van der Waals surface area (Å²) in [6, 6.07) is 14.2. The second-order valence-electron chi connectivity index (χ2n) is 6.94. The summed E-state index contributed by atoms with van der Waals surface area (Å²) in [6.07, 6.45) is -5.69. The van der Waals surface area contributed by atoms with Crippen LogP contribution in [0.4, 0.5) is 13.2 Å². The zero-order valence-electron chi connectivity index (χ0n) is 16.0. The maximum absolute atomic E-state index is 12.8. The van der Waals surface area contributed by atoms with Gasteiger partial charge in [0.1, 0.15) is 11.5 Å². The fraction of sp³-hybridized carbons (Fsp3) is 0.227. The number of Topliss-reactive ketones (excluding diaryl/α,β-unsaturated/α-hetero) is 1. The summed E-state index contributed by atoms with van der Waals surface area (Å²) in [4.78, 5) is 31.6. The first-order chi connectivity index (χ1) is 14.1. The van der Waals surface area contributed by atoms with Crippen LogP contribution in [0.5, 0.6) is 0 Å². The molecule has 0 unspecified atom stereocenters. The van der Waals surface area contributed by atoms with Crippen LogP contribution in [-0.4, -0.2) is 27.0 Å². The summed E-state index contributed by atoms with van der Waals surface area (Å²) < 4.78 is 38.3. The fourth-order valence-corrected chi connectivity index (χ4v) is 3.12. The lowest BCUT2D eigenvalue weighted by atomic mass is 9.88. The van der Waals surface area contributed by atoms with E-state index >= 15 is 0 Å². The van der Waals surface area contributed by atoms with E-state index in [0.717, 1.165) is 18.2 Å². The van der Waals surface area contributed by atoms with E-state index in [-0.39, 0.29) is 17.9 Å². The van der Waals surface area contributed by atoms with E-state index in [0.29, 0.717) is 11.1 Å². The highest BCUT2D eigenvalue weighted by atomic mass is 19.4. The van der Waals surface area contributed by atoms with Gasteiger partial charge in [-0.15, -0.1) is 0 Å². The molecule has 156 valence electrons. The number of aliphatic hydroxyl groups is 1. The molecule has 0 fully saturated rings. The van der Waals surface area contributed by atoms with E-state index in [4.69, 9.17) is 0 Å². The molecule has 1 heterocycles. The fourth-order valence-electron chi connectivity index (χ4n) is 3.12. The number of alkyl halides is 3. The highest BCUT2D eigenvalue weighted by Crippen LogP contribution is 2.32. The number of rotatable bonds is 6. The number of aromatic amines is 1. The van der Waals surface area contributed by atoms with Gasteiger partial charge in [-0.3, -0.25) is 9.59 Å². The molecule has 30 heavy (non-hydrogen) atoms. The van der Waals surface area contributed by atoms with Crippen molar-refractivity contribution in [2.45, 2.75) is 31.5 Å². The van der Waals surface area contributed by atoms with Crippen molar-refractivity contribution >= 4 is 5.78 Å². The first-order valence-corrected chi connectivity index (χ1v) is 9.20. The van der Waals surface area contributed by atoms with Crippen molar-refractivity contribution in [2.24, 2.45) is 0 Å². The molecular weight excluding hydrogens is 397 g/mol. The lowest BCUT2D eigenvalue weighted by Crippen LogP contribution is -2.21. The van der Waals surface area contributed by atoms with Crippen molar-refractivity contribution in [3.05, 3.63) is 87.8 Å². The molecule has 2 aromatic carbocycles. The van der Waals surface area contributed by atoms with Crippen LogP contribution in [0.2, 0.25) is 0 Å². The number of carbonyl (C=O) groups is 1. The van der Waals surface area contributed by atoms with Crippen molar-refractivity contribution in [1.82, 2.24) is 9.97 Å². The predicted molar refractivity (Wildman–Crippen MR) is 105 cm³/mol. The first-order valence-electron chi connectivity index (χ1n) is 9.20. The van der Waals surface area contributed by atoms with Gasteiger partial charge in [-0.1, -0.05) is 42.5 Å². The van der Waals surface area contributed by atoms with Crippen LogP contribution in [-0.2, 0) is 6.18 Å². The van der Waals surface area contributed by atoms with Gasteiger partial charge in [0.15, 0.2) is 5.78 Å². The molecule has 1 aromatic heterocycles. The van der Waals surface area contributed by atoms with Crippen LogP contribution in [0, 0.1) is 0 Å². The average molecular weight is 416 g/mol. The number of nitrogens with one attached hydrogen (secondary N) is 1. The number of aliphatic hydroxyl groups excluding tert-OH is 1. The van der Waals surface area contributed by atoms with Crippen molar-refractivity contribution in [2.75, 3.05) is 0 Å². The van der Waals surface area contributed by atoms with Crippen molar-refractivity contribution in [3.8, 4) is 11.4 Å². The smallest absolute Gasteiger partial charge is 0.393 e. The van der Waals surface area contributed by atoms with Crippen LogP contribution < -0.4 is 5.56 Å². The minimum absolute atomic E-state index is 0.0739. The van der Waals surface area contributed by atoms with E-state index in [1.165, 1.54) is 19.1 Å². The number of ketones is 1. The molecule has 8 heteroatoms. The zero-order valence-corrected chi connectivity index (χ0v) is 16.0. The molecule has 0 bridgehead atoms. The summed E-state index contributed by atoms with van der Waals surface area (Å²) in [6.45, 7) is 1.45. The third-order valence-corrected chi connectivity index (χ3v) is 4.73. The van der Waals surface area contributed by atoms with Gasteiger partial charge in [0.05, 0.1) is 11.7 Å². The number of halogens is 3. The number of benzene rings is 2. The molecule has 0 aliphatic rings. The Morgan fingerprint density at radius 2 is 1.73 bits per heavy atom. The third kappa shape index (κ3) is 5.01. The minimum Gasteiger partial charge on any atom is -0.393 e. The number of carbonyl (C=O) groups excluding carboxylic acids is 1. The van der Waals surface area contributed by atoms with E-state index in [2.05, 4.69) is 9.97 Å². The lowest BCUT2D eigenvalue weighted by molar-refractivity contribution is -0.137. The highest BCUT2D eigenvalue weighted by Gasteiger charge is 2.31. The molecule has 0 saturated carbocycles. The van der Waals surface area contributed by atoms with Gasteiger partial charge in [0, 0.05) is 24.0 Å². The molecule has 3 rings (SSSR count). The van der Waals surface area contributed by atoms with Crippen LogP contribution in [0.15, 0.2) is 65.5 Å². The van der Waals surface area contributed by atoms with Crippen LogP contribution in [0.1, 0.15) is 40.9 Å². The third-order valence-electron chi connectivity index (χ3n) is 4.73. The maximum atomic E-state index is 12.8. The lowest BCUT2D eigenvalue weighted by Gasteiger charge is -2.20. The topological polar surface area (TPSA) is 83.0 Å². The number of aromatic nitrogens is 2. The van der Waals surface area contributed by atoms with Gasteiger partial charge >= 0.3 is 6.18 Å². The van der Waals surface area contributed by atoms with E-state index < -0.39 is 35.1 Å². The molecular formula is C22H19F3N2O3. The van der Waals surface area contributed by atoms with Gasteiger partial charge in [-0.2, -0.15) is 13.2 Å². The highest BCUT2D eigenvalue weighted by molar-refractivity contribution is 5.95. The molecule has 5 nitrogen and oxygen atoms in total. The summed E-state index contributed by atoms with van der Waals surface area (Å²) in [5, 5.41) is 10.1. The summed E-state index contributed by atoms with van der Waals surface area (Å²) in [5.41, 5.74) is -0.380. The standard InChI is InChI=1S/C22H19F3N2O3/c1-13(28)17(14-7-9-16(10-8-14)22(23,24)25)11-19(29)18-12-20(30)27-21(26-18)15-5-3-2-4-6-15/h2-10,12-13,17,28H,11H2,1H3,(H,26,27,30)/t13-,17-/m1/s1. The van der Waals surface area contributed by atoms with Crippen LogP contribution in [0.3, 0.4) is 0 Å². The Balaban J connectivity index is 1.87. The Morgan fingerprint density at radius 1 is 1.10 bits per heavy atom. The molecule has 0 aliphatic heterocycles. The first kappa shape index (κ1) is 21.4. The number of nitrogens with zero attached hydrogens (tertiary/aromatic N) is 1. The van der Waals surface area contributed by atoms with Crippen LogP contribution in [0.25, 0.3) is 11.4 Å². The molecule has 0 amide bonds. The quantitative estimate of drug-likeness (QED) is 0.590. The molecule has 2 N–H and O–H groups in total. The number of hydrogen-bond donors (Lipinski definition) is 2. The van der Waals surface area contributed by atoms with Gasteiger partial charge in [-0.25, -0.2) is 4.98 Å². The second kappa shape index (κ2) is 8.62. The van der Waals surface area contributed by atoms with Gasteiger partial charge < -0.3 is 10.1 Å². The molecule has 0 saturated heterocycles. The molecule has 0 spiro atoms. The van der Waals surface area contributed by atoms with Crippen molar-refractivity contribution in [1.29, 1.82) is 0 Å². The Morgan fingerprint density at radius 3 is 2.30 bits per heavy atom. The SMILES string of the molecule is C[C@@H](O)[C@@H](CC(=O)c1cc(=O)[nH]c(-c2ccccc2)n1)c1ccc(C(F)(F)F)cc1. The van der Waals surface area contributed by atoms with Gasteiger partial charge in [0.25, 0.3) is 5.56 Å². The molecule has 0 aliphatic carbocycles. The Kier molecular flexibility index (Phi) is 6.17. The monoisotopic (exact) mass is 416 g/mol. The van der Waals surface area contributed by atoms with Gasteiger partial charge in [-0.05, 0) is 24.6 Å². The van der Waals surface area contributed by atoms with Crippen molar-refractivity contribution in [3.63, 3.8) is 0 Å². The molecule has 2 atom stereocenters. The minimum atomic E-state index is -4.47. The maximum Gasteiger partial charge on any atom is 0.416 e. The largest absolute Gasteiger partial charge is 0.416 e. The number of H-pyrrole nitrogens is 1. The Labute approximate surface area is 170 Å². The summed E-state index contributed by atoms with van der Waals surface area (Å²) >= 11 is 0. The average Bonchev–Trinajstić information content (AvgIpc) is 2.71. The molecule has 3 aromatic rings. The Bertz CT molecular complexity index is 1080.